The van der Waals surface area contributed by atoms with E-state index in [-0.39, 0.29) is 14.9 Å². The van der Waals surface area contributed by atoms with Crippen molar-refractivity contribution in [2.45, 2.75) is 167 Å². The molecule has 0 unspecified atom stereocenters. The first kappa shape index (κ1) is 68.7. The van der Waals surface area contributed by atoms with Crippen molar-refractivity contribution in [2.75, 3.05) is 0 Å². The zero-order chi connectivity index (χ0) is 61.6. The van der Waals surface area contributed by atoms with Crippen LogP contribution in [0.1, 0.15) is 223 Å². The van der Waals surface area contributed by atoms with Crippen LogP contribution in [-0.4, -0.2) is 0 Å². The van der Waals surface area contributed by atoms with Crippen molar-refractivity contribution >= 4 is 43.1 Å². The Morgan fingerprint density at radius 3 is 0.705 bits per heavy atom. The van der Waals surface area contributed by atoms with Gasteiger partial charge in [0.2, 0.25) is 0 Å². The van der Waals surface area contributed by atoms with Gasteiger partial charge in [0, 0.05) is 22.6 Å². The summed E-state index contributed by atoms with van der Waals surface area (Å²) in [5.41, 5.74) is 18.1. The molecule has 0 amide bonds. The molecule has 0 nitrogen and oxygen atoms in total. The van der Waals surface area contributed by atoms with E-state index in [0.717, 1.165) is 16.7 Å². The van der Waals surface area contributed by atoms with Crippen LogP contribution in [0.2, 0.25) is 0 Å². The third-order valence-corrected chi connectivity index (χ3v) is 16.4. The first-order valence-electron chi connectivity index (χ1n) is 31.7. The summed E-state index contributed by atoms with van der Waals surface area (Å²) in [5, 5.41) is 10.5. The van der Waals surface area contributed by atoms with Crippen LogP contribution in [-0.2, 0) is 0 Å². The molecule has 11 aromatic rings. The summed E-state index contributed by atoms with van der Waals surface area (Å²) in [7, 11) is 0. The molecule has 0 heteroatoms. The Balaban J connectivity index is 0.000000188. The van der Waals surface area contributed by atoms with Crippen LogP contribution in [0.4, 0.5) is 0 Å². The fraction of sp³-hybridized carbons (Fsp3) is 0.295. The molecule has 0 fully saturated rings. The van der Waals surface area contributed by atoms with Crippen LogP contribution in [0.3, 0.4) is 0 Å². The summed E-state index contributed by atoms with van der Waals surface area (Å²) in [6.07, 6.45) is 0. The molecular weight excluding hydrogens is 1060 g/mol. The van der Waals surface area contributed by atoms with E-state index in [1.54, 1.807) is 0 Å². The maximum atomic E-state index is 3.23. The summed E-state index contributed by atoms with van der Waals surface area (Å²) in [6.45, 7) is 35.4. The minimum atomic E-state index is 0. The van der Waals surface area contributed by atoms with E-state index in [2.05, 4.69) is 353 Å². The van der Waals surface area contributed by atoms with Gasteiger partial charge in [-0.1, -0.05) is 313 Å². The van der Waals surface area contributed by atoms with Crippen molar-refractivity contribution in [3.63, 3.8) is 0 Å². The van der Waals surface area contributed by atoms with Crippen molar-refractivity contribution in [3.05, 3.63) is 274 Å². The second-order valence-corrected chi connectivity index (χ2v) is 25.9. The Bertz CT molecular complexity index is 4010. The molecule has 452 valence electrons. The zero-order valence-corrected chi connectivity index (χ0v) is 54.4. The topological polar surface area (TPSA) is 0 Å². The van der Waals surface area contributed by atoms with Gasteiger partial charge in [-0.25, -0.2) is 0 Å². The average Bonchev–Trinajstić information content (AvgIpc) is 1.60. The number of rotatable bonds is 9. The molecule has 88 heavy (non-hydrogen) atoms. The molecule has 11 aromatic carbocycles. The lowest BCUT2D eigenvalue weighted by molar-refractivity contribution is 0.866. The van der Waals surface area contributed by atoms with E-state index in [1.807, 2.05) is 0 Å². The van der Waals surface area contributed by atoms with E-state index >= 15 is 0 Å². The van der Waals surface area contributed by atoms with Gasteiger partial charge >= 0.3 is 0 Å². The maximum Gasteiger partial charge on any atom is 0.0251 e. The largest absolute Gasteiger partial charge is 0.0951 e. The molecule has 0 aromatic heterocycles. The predicted octanol–water partition coefficient (Wildman–Crippen LogP) is 26.2. The molecule has 0 aliphatic heterocycles. The normalized spacial score (nSPS) is 11.0. The van der Waals surface area contributed by atoms with Crippen molar-refractivity contribution < 1.29 is 0 Å². The third-order valence-electron chi connectivity index (χ3n) is 16.4. The highest BCUT2D eigenvalue weighted by molar-refractivity contribution is 5.92. The van der Waals surface area contributed by atoms with Crippen molar-refractivity contribution in [2.24, 2.45) is 5.92 Å². The molecule has 0 N–H and O–H groups in total. The molecule has 11 rings (SSSR count). The SMILES string of the molecule is C.C.CC(C)C#Cc1ccc2cc(C(C)C)ccc2c1.CC(C)c1ccc(-c2ccc3cc(C(C)C)ccc3c2)cc1.CC(C)c1ccc(C#Cc2ccc(C(C)C)cc2)cc1.CC(C)c1ccc2cc(-c3ccc4cc(C(C)C)ccc4c3)ccc2c1. The highest BCUT2D eigenvalue weighted by Gasteiger charge is 2.09. The molecule has 0 heterocycles. The lowest BCUT2D eigenvalue weighted by Gasteiger charge is -2.10. The van der Waals surface area contributed by atoms with Crippen LogP contribution in [0.5, 0.6) is 0 Å². The summed E-state index contributed by atoms with van der Waals surface area (Å²) in [5.74, 6) is 17.3. The average molecular weight is 1160 g/mol. The monoisotopic (exact) mass is 1160 g/mol. The Morgan fingerprint density at radius 1 is 0.193 bits per heavy atom. The summed E-state index contributed by atoms with van der Waals surface area (Å²) in [4.78, 5) is 0. The quantitative estimate of drug-likeness (QED) is 0.126. The van der Waals surface area contributed by atoms with Gasteiger partial charge < -0.3 is 0 Å². The smallest absolute Gasteiger partial charge is 0.0251 e. The lowest BCUT2D eigenvalue weighted by atomic mass is 9.94. The second-order valence-electron chi connectivity index (χ2n) is 25.9. The summed E-state index contributed by atoms with van der Waals surface area (Å²) in [6, 6.07) is 80.0. The lowest BCUT2D eigenvalue weighted by Crippen LogP contribution is -1.88. The van der Waals surface area contributed by atoms with Gasteiger partial charge in [0.15, 0.2) is 0 Å². The first-order valence-corrected chi connectivity index (χ1v) is 31.7. The second kappa shape index (κ2) is 32.0. The molecule has 0 spiro atoms. The van der Waals surface area contributed by atoms with Crippen LogP contribution in [0.25, 0.3) is 65.3 Å². The van der Waals surface area contributed by atoms with Crippen molar-refractivity contribution in [1.82, 2.24) is 0 Å². The molecule has 0 atom stereocenters. The predicted molar refractivity (Wildman–Crippen MR) is 393 cm³/mol. The molecule has 0 saturated heterocycles. The van der Waals surface area contributed by atoms with Crippen LogP contribution >= 0.6 is 0 Å². The minimum Gasteiger partial charge on any atom is -0.0951 e. The van der Waals surface area contributed by atoms with Gasteiger partial charge in [-0.2, -0.15) is 0 Å². The van der Waals surface area contributed by atoms with Gasteiger partial charge in [0.1, 0.15) is 0 Å². The van der Waals surface area contributed by atoms with Gasteiger partial charge in [-0.15, -0.1) is 0 Å². The fourth-order valence-corrected chi connectivity index (χ4v) is 10.4. The molecule has 0 radical (unpaired) electrons. The van der Waals surface area contributed by atoms with Crippen LogP contribution < -0.4 is 0 Å². The highest BCUT2D eigenvalue weighted by Crippen LogP contribution is 2.32. The third kappa shape index (κ3) is 18.8. The van der Waals surface area contributed by atoms with E-state index < -0.39 is 0 Å². The first-order chi connectivity index (χ1) is 41.2. The Morgan fingerprint density at radius 2 is 0.409 bits per heavy atom. The number of hydrogen-bond acceptors (Lipinski definition) is 0. The molecular formula is C88H100. The maximum absolute atomic E-state index is 3.23. The minimum absolute atomic E-state index is 0. The van der Waals surface area contributed by atoms with Gasteiger partial charge in [0.05, 0.1) is 0 Å². The molecule has 0 aliphatic carbocycles. The Kier molecular flexibility index (Phi) is 25.0. The number of hydrogen-bond donors (Lipinski definition) is 0. The van der Waals surface area contributed by atoms with Gasteiger partial charge in [0.25, 0.3) is 0 Å². The zero-order valence-electron chi connectivity index (χ0n) is 54.4. The summed E-state index contributed by atoms with van der Waals surface area (Å²) < 4.78 is 0. The van der Waals surface area contributed by atoms with Crippen LogP contribution in [0.15, 0.2) is 218 Å². The van der Waals surface area contributed by atoms with Crippen molar-refractivity contribution in [3.8, 4) is 45.9 Å². The molecule has 0 saturated carbocycles. The van der Waals surface area contributed by atoms with E-state index in [0.29, 0.717) is 47.3 Å². The van der Waals surface area contributed by atoms with Gasteiger partial charge in [-0.05, 0) is 200 Å². The van der Waals surface area contributed by atoms with Crippen LogP contribution in [0, 0.1) is 29.6 Å². The fourth-order valence-electron chi connectivity index (χ4n) is 10.4. The number of benzene rings is 11. The van der Waals surface area contributed by atoms with Crippen molar-refractivity contribution in [1.29, 1.82) is 0 Å². The molecule has 0 aliphatic rings. The van der Waals surface area contributed by atoms with Gasteiger partial charge in [-0.3, -0.25) is 0 Å². The Hall–Kier alpha value is -8.42. The van der Waals surface area contributed by atoms with E-state index in [9.17, 15) is 0 Å². The van der Waals surface area contributed by atoms with E-state index in [4.69, 9.17) is 0 Å². The Labute approximate surface area is 532 Å². The highest BCUT2D eigenvalue weighted by atomic mass is 14.1. The summed E-state index contributed by atoms with van der Waals surface area (Å²) >= 11 is 0. The van der Waals surface area contributed by atoms with E-state index in [1.165, 1.54) is 104 Å². The number of fused-ring (bicyclic) bond motifs is 4. The molecule has 0 bridgehead atoms. The standard InChI is InChI=1S/C26H26.C22H24.C20H22.C18H20.2CH4/c1-17(2)19-5-7-23-15-25(11-9-21(23)13-19)26-12-10-22-14-20(18(3)4)6-8-24(22)16-26;1-15(2)17-5-7-18(8-6-17)20-11-12-21-13-19(16(3)4)9-10-22(21)14-20;1-15(2)19-11-7-17(8-12-19)5-6-18-9-13-20(14-10-18)16(3)4;1-13(2)5-6-15-7-8-18-12-16(14(3)4)9-10-17(18)11-15;;/h5-18H,1-4H3;5-16H,1-4H3;7-16H,1-4H3;7-14H,1-4H3;2*1H4.